The molecular weight excluding hydrogens is 337 g/mol. The number of halogens is 1. The molecule has 6 heteroatoms. The lowest BCUT2D eigenvalue weighted by molar-refractivity contribution is -0.117. The summed E-state index contributed by atoms with van der Waals surface area (Å²) < 4.78 is 0.844. The predicted octanol–water partition coefficient (Wildman–Crippen LogP) is 1.09. The van der Waals surface area contributed by atoms with Crippen LogP contribution in [0.3, 0.4) is 0 Å². The Labute approximate surface area is 111 Å². The van der Waals surface area contributed by atoms with E-state index in [0.29, 0.717) is 5.69 Å². The van der Waals surface area contributed by atoms with Crippen molar-refractivity contribution in [2.45, 2.75) is 12.5 Å². The minimum absolute atomic E-state index is 0.0462. The number of amides is 1. The molecule has 0 saturated carbocycles. The summed E-state index contributed by atoms with van der Waals surface area (Å²) in [5, 5.41) is 18.5. The summed E-state index contributed by atoms with van der Waals surface area (Å²) in [6, 6.07) is 4.78. The number of aliphatic hydroxyl groups excluding tert-OH is 1. The van der Waals surface area contributed by atoms with Gasteiger partial charge in [0.2, 0.25) is 5.91 Å². The van der Waals surface area contributed by atoms with Gasteiger partial charge in [-0.1, -0.05) is 0 Å². The lowest BCUT2D eigenvalue weighted by Gasteiger charge is -2.18. The summed E-state index contributed by atoms with van der Waals surface area (Å²) in [7, 11) is 0. The molecule has 1 saturated heterocycles. The molecule has 0 bridgehead atoms. The number of nitrogens with zero attached hydrogens (tertiary/aromatic N) is 1. The molecule has 1 atom stereocenters. The Hall–Kier alpha value is -1.15. The van der Waals surface area contributed by atoms with Crippen molar-refractivity contribution >= 4 is 40.2 Å². The Bertz CT molecular complexity index is 488. The highest BCUT2D eigenvalue weighted by Gasteiger charge is 2.31. The Morgan fingerprint density at radius 3 is 2.71 bits per heavy atom. The highest BCUT2D eigenvalue weighted by Crippen LogP contribution is 2.27. The number of aliphatic hydroxyl groups is 1. The average molecular weight is 347 g/mol. The van der Waals surface area contributed by atoms with Crippen molar-refractivity contribution in [2.75, 3.05) is 11.4 Å². The van der Waals surface area contributed by atoms with Gasteiger partial charge in [0.25, 0.3) is 0 Å². The van der Waals surface area contributed by atoms with Crippen LogP contribution in [-0.2, 0) is 4.79 Å². The Morgan fingerprint density at radius 2 is 2.18 bits per heavy atom. The Morgan fingerprint density at radius 1 is 1.47 bits per heavy atom. The number of hydrogen-bond donors (Lipinski definition) is 2. The van der Waals surface area contributed by atoms with E-state index in [1.165, 1.54) is 11.0 Å². The summed E-state index contributed by atoms with van der Waals surface area (Å²) in [5.41, 5.74) is 0.429. The number of carboxylic acid groups (broad SMARTS) is 1. The van der Waals surface area contributed by atoms with Crippen LogP contribution >= 0.6 is 22.6 Å². The van der Waals surface area contributed by atoms with Crippen molar-refractivity contribution in [3.8, 4) is 0 Å². The molecule has 1 aromatic rings. The molecule has 90 valence electrons. The van der Waals surface area contributed by atoms with Gasteiger partial charge in [0, 0.05) is 3.57 Å². The normalized spacial score (nSPS) is 19.8. The lowest BCUT2D eigenvalue weighted by Crippen LogP contribution is -2.27. The predicted molar refractivity (Wildman–Crippen MR) is 69.1 cm³/mol. The van der Waals surface area contributed by atoms with Gasteiger partial charge in [0.05, 0.1) is 30.3 Å². The van der Waals surface area contributed by atoms with Crippen LogP contribution < -0.4 is 4.90 Å². The number of β-amino-alcohol motifs (C(OH)–C–C–N with tert-alkyl or cyclic N) is 1. The van der Waals surface area contributed by atoms with Gasteiger partial charge in [-0.15, -0.1) is 0 Å². The van der Waals surface area contributed by atoms with Crippen molar-refractivity contribution in [2.24, 2.45) is 0 Å². The minimum atomic E-state index is -1.08. The molecule has 0 spiro atoms. The average Bonchev–Trinajstić information content (AvgIpc) is 2.57. The number of carboxylic acids is 1. The molecule has 2 N–H and O–H groups in total. The number of carbonyl (C=O) groups excluding carboxylic acids is 1. The molecule has 1 heterocycles. The molecule has 1 aliphatic rings. The maximum Gasteiger partial charge on any atom is 0.337 e. The quantitative estimate of drug-likeness (QED) is 0.785. The van der Waals surface area contributed by atoms with Crippen LogP contribution in [0.5, 0.6) is 0 Å². The summed E-state index contributed by atoms with van der Waals surface area (Å²) >= 11 is 2.05. The maximum atomic E-state index is 11.6. The molecule has 1 unspecified atom stereocenters. The molecule has 0 aromatic heterocycles. The third kappa shape index (κ3) is 2.42. The van der Waals surface area contributed by atoms with Crippen LogP contribution in [0.15, 0.2) is 18.2 Å². The first-order chi connectivity index (χ1) is 7.99. The molecule has 1 fully saturated rings. The topological polar surface area (TPSA) is 77.8 Å². The second-order valence-corrected chi connectivity index (χ2v) is 5.07. The lowest BCUT2D eigenvalue weighted by atomic mass is 10.1. The van der Waals surface area contributed by atoms with Crippen LogP contribution in [0.4, 0.5) is 5.69 Å². The van der Waals surface area contributed by atoms with E-state index in [9.17, 15) is 14.7 Å². The molecule has 0 aliphatic carbocycles. The Kier molecular flexibility index (Phi) is 3.34. The number of benzene rings is 1. The van der Waals surface area contributed by atoms with Crippen LogP contribution in [-0.4, -0.2) is 34.7 Å². The largest absolute Gasteiger partial charge is 0.478 e. The number of aromatic carboxylic acids is 1. The number of anilines is 1. The van der Waals surface area contributed by atoms with E-state index in [1.807, 2.05) is 0 Å². The zero-order chi connectivity index (χ0) is 12.6. The van der Waals surface area contributed by atoms with Crippen molar-refractivity contribution in [1.82, 2.24) is 0 Å². The third-order valence-corrected chi connectivity index (χ3v) is 3.26. The van der Waals surface area contributed by atoms with Crippen LogP contribution in [0, 0.1) is 3.57 Å². The van der Waals surface area contributed by atoms with Crippen LogP contribution in [0.2, 0.25) is 0 Å². The van der Waals surface area contributed by atoms with E-state index in [4.69, 9.17) is 5.11 Å². The minimum Gasteiger partial charge on any atom is -0.478 e. The highest BCUT2D eigenvalue weighted by atomic mass is 127. The van der Waals surface area contributed by atoms with Gasteiger partial charge in [-0.25, -0.2) is 4.79 Å². The standard InChI is InChI=1S/C11H10INO4/c12-6-1-2-8(11(16)17)9(3-6)13-5-7(14)4-10(13)15/h1-3,7,14H,4-5H2,(H,16,17). The number of rotatable bonds is 2. The second-order valence-electron chi connectivity index (χ2n) is 3.83. The Balaban J connectivity index is 2.46. The number of carbonyl (C=O) groups is 2. The molecule has 2 rings (SSSR count). The first-order valence-electron chi connectivity index (χ1n) is 5.00. The van der Waals surface area contributed by atoms with Gasteiger partial charge in [0.1, 0.15) is 0 Å². The molecule has 1 aliphatic heterocycles. The fraction of sp³-hybridized carbons (Fsp3) is 0.273. The van der Waals surface area contributed by atoms with Crippen molar-refractivity contribution in [1.29, 1.82) is 0 Å². The van der Waals surface area contributed by atoms with E-state index >= 15 is 0 Å². The fourth-order valence-corrected chi connectivity index (χ4v) is 2.31. The first kappa shape index (κ1) is 12.3. The van der Waals surface area contributed by atoms with Gasteiger partial charge in [-0.2, -0.15) is 0 Å². The SMILES string of the molecule is O=C(O)c1ccc(I)cc1N1CC(O)CC1=O. The van der Waals surface area contributed by atoms with Gasteiger partial charge in [0.15, 0.2) is 0 Å². The molecule has 5 nitrogen and oxygen atoms in total. The molecule has 1 amide bonds. The van der Waals surface area contributed by atoms with Crippen LogP contribution in [0.1, 0.15) is 16.8 Å². The first-order valence-corrected chi connectivity index (χ1v) is 6.08. The summed E-state index contributed by atoms with van der Waals surface area (Å²) in [5.74, 6) is -1.33. The molecule has 1 aromatic carbocycles. The smallest absolute Gasteiger partial charge is 0.337 e. The highest BCUT2D eigenvalue weighted by molar-refractivity contribution is 14.1. The van der Waals surface area contributed by atoms with Crippen molar-refractivity contribution < 1.29 is 19.8 Å². The van der Waals surface area contributed by atoms with Gasteiger partial charge in [-0.05, 0) is 40.8 Å². The fourth-order valence-electron chi connectivity index (χ4n) is 1.83. The zero-order valence-corrected chi connectivity index (χ0v) is 10.9. The summed E-state index contributed by atoms with van der Waals surface area (Å²) in [6.45, 7) is 0.152. The number of hydrogen-bond acceptors (Lipinski definition) is 3. The van der Waals surface area contributed by atoms with E-state index in [1.54, 1.807) is 12.1 Å². The molecular formula is C11H10INO4. The third-order valence-electron chi connectivity index (χ3n) is 2.59. The molecule has 0 radical (unpaired) electrons. The van der Waals surface area contributed by atoms with Gasteiger partial charge in [-0.3, -0.25) is 4.79 Å². The molecule has 17 heavy (non-hydrogen) atoms. The van der Waals surface area contributed by atoms with Gasteiger partial charge >= 0.3 is 5.97 Å². The summed E-state index contributed by atoms with van der Waals surface area (Å²) in [4.78, 5) is 24.0. The van der Waals surface area contributed by atoms with Gasteiger partial charge < -0.3 is 15.1 Å². The summed E-state index contributed by atoms with van der Waals surface area (Å²) in [6.07, 6.45) is -0.674. The van der Waals surface area contributed by atoms with E-state index in [-0.39, 0.29) is 24.4 Å². The van der Waals surface area contributed by atoms with E-state index < -0.39 is 12.1 Å². The van der Waals surface area contributed by atoms with E-state index in [2.05, 4.69) is 22.6 Å². The van der Waals surface area contributed by atoms with E-state index in [0.717, 1.165) is 3.57 Å². The maximum absolute atomic E-state index is 11.6. The van der Waals surface area contributed by atoms with Crippen LogP contribution in [0.25, 0.3) is 0 Å². The zero-order valence-electron chi connectivity index (χ0n) is 8.76. The van der Waals surface area contributed by atoms with Crippen molar-refractivity contribution in [3.05, 3.63) is 27.3 Å². The van der Waals surface area contributed by atoms with Crippen molar-refractivity contribution in [3.63, 3.8) is 0 Å². The monoisotopic (exact) mass is 347 g/mol. The second kappa shape index (κ2) is 4.61.